The fourth-order valence-electron chi connectivity index (χ4n) is 2.53. The monoisotopic (exact) mass is 366 g/mol. The van der Waals surface area contributed by atoms with Gasteiger partial charge in [-0.2, -0.15) is 0 Å². The largest absolute Gasteiger partial charge is 0.340 e. The van der Waals surface area contributed by atoms with Gasteiger partial charge < -0.3 is 10.6 Å². The minimum absolute atomic E-state index is 0.285. The highest BCUT2D eigenvalue weighted by molar-refractivity contribution is 6.31. The fourth-order valence-corrected chi connectivity index (χ4v) is 2.70. The summed E-state index contributed by atoms with van der Waals surface area (Å²) >= 11 is 6.11. The number of carbonyl (C=O) groups excluding carboxylic acids is 1. The minimum Gasteiger partial charge on any atom is -0.340 e. The zero-order chi connectivity index (χ0) is 18.7. The highest BCUT2D eigenvalue weighted by Crippen LogP contribution is 2.24. The average Bonchev–Trinajstić information content (AvgIpc) is 2.60. The lowest BCUT2D eigenvalue weighted by molar-refractivity contribution is 0.102. The van der Waals surface area contributed by atoms with Crippen molar-refractivity contribution in [2.75, 3.05) is 10.6 Å². The summed E-state index contributed by atoms with van der Waals surface area (Å²) in [7, 11) is 0. The van der Waals surface area contributed by atoms with E-state index in [1.54, 1.807) is 31.2 Å². The Labute approximate surface area is 157 Å². The topological polar surface area (TPSA) is 66.9 Å². The summed E-state index contributed by atoms with van der Waals surface area (Å²) in [6, 6.07) is 14.9. The Balaban J connectivity index is 1.86. The van der Waals surface area contributed by atoms with Gasteiger partial charge in [-0.25, -0.2) is 9.97 Å². The predicted octanol–water partition coefficient (Wildman–Crippen LogP) is 5.05. The standard InChI is InChI=1S/C20H19ClN4O/c1-12-7-4-5-9-16(12)24-19-11-18(22-14(3)23-19)20(26)25-17-10-6-8-15(21)13(17)2/h4-11H,1-3H3,(H,25,26)(H,22,23,24). The van der Waals surface area contributed by atoms with E-state index in [9.17, 15) is 4.79 Å². The van der Waals surface area contributed by atoms with E-state index in [1.807, 2.05) is 38.1 Å². The molecule has 0 saturated heterocycles. The molecule has 0 bridgehead atoms. The van der Waals surface area contributed by atoms with E-state index in [-0.39, 0.29) is 11.6 Å². The summed E-state index contributed by atoms with van der Waals surface area (Å²) in [6.07, 6.45) is 0. The van der Waals surface area contributed by atoms with E-state index >= 15 is 0 Å². The van der Waals surface area contributed by atoms with E-state index in [1.165, 1.54) is 0 Å². The molecule has 2 N–H and O–H groups in total. The van der Waals surface area contributed by atoms with Crippen molar-refractivity contribution >= 4 is 34.7 Å². The summed E-state index contributed by atoms with van der Waals surface area (Å²) < 4.78 is 0. The second-order valence-electron chi connectivity index (χ2n) is 5.99. The smallest absolute Gasteiger partial charge is 0.274 e. The molecule has 132 valence electrons. The van der Waals surface area contributed by atoms with Gasteiger partial charge in [0.05, 0.1) is 0 Å². The summed E-state index contributed by atoms with van der Waals surface area (Å²) in [4.78, 5) is 21.2. The SMILES string of the molecule is Cc1nc(Nc2ccccc2C)cc(C(=O)Nc2cccc(Cl)c2C)n1. The van der Waals surface area contributed by atoms with Crippen molar-refractivity contribution in [3.8, 4) is 0 Å². The Morgan fingerprint density at radius 3 is 2.46 bits per heavy atom. The Bertz CT molecular complexity index is 972. The molecule has 0 aliphatic rings. The van der Waals surface area contributed by atoms with Crippen LogP contribution in [0, 0.1) is 20.8 Å². The van der Waals surface area contributed by atoms with Gasteiger partial charge >= 0.3 is 0 Å². The van der Waals surface area contributed by atoms with E-state index in [4.69, 9.17) is 11.6 Å². The third-order valence-electron chi connectivity index (χ3n) is 3.99. The molecule has 6 heteroatoms. The lowest BCUT2D eigenvalue weighted by Crippen LogP contribution is -2.16. The van der Waals surface area contributed by atoms with Crippen LogP contribution in [0.15, 0.2) is 48.5 Å². The van der Waals surface area contributed by atoms with Crippen LogP contribution in [-0.4, -0.2) is 15.9 Å². The normalized spacial score (nSPS) is 10.5. The molecule has 0 aliphatic carbocycles. The lowest BCUT2D eigenvalue weighted by Gasteiger charge is -2.12. The molecule has 0 radical (unpaired) electrons. The number of hydrogen-bond donors (Lipinski definition) is 2. The minimum atomic E-state index is -0.311. The third kappa shape index (κ3) is 4.00. The maximum Gasteiger partial charge on any atom is 0.274 e. The van der Waals surface area contributed by atoms with Crippen molar-refractivity contribution in [1.29, 1.82) is 0 Å². The second kappa shape index (κ2) is 7.54. The third-order valence-corrected chi connectivity index (χ3v) is 4.40. The molecule has 0 saturated carbocycles. The molecule has 0 spiro atoms. The molecular weight excluding hydrogens is 348 g/mol. The number of nitrogens with zero attached hydrogens (tertiary/aromatic N) is 2. The number of hydrogen-bond acceptors (Lipinski definition) is 4. The number of halogens is 1. The average molecular weight is 367 g/mol. The summed E-state index contributed by atoms with van der Waals surface area (Å²) in [6.45, 7) is 5.62. The number of para-hydroxylation sites is 1. The molecule has 2 aromatic carbocycles. The van der Waals surface area contributed by atoms with Gasteiger partial charge in [0.2, 0.25) is 0 Å². The van der Waals surface area contributed by atoms with Crippen molar-refractivity contribution < 1.29 is 4.79 Å². The first-order valence-corrected chi connectivity index (χ1v) is 8.56. The van der Waals surface area contributed by atoms with Gasteiger partial charge in [0.25, 0.3) is 5.91 Å². The molecule has 1 amide bonds. The van der Waals surface area contributed by atoms with Gasteiger partial charge in [0.15, 0.2) is 0 Å². The highest BCUT2D eigenvalue weighted by atomic mass is 35.5. The Morgan fingerprint density at radius 1 is 0.962 bits per heavy atom. The summed E-state index contributed by atoms with van der Waals surface area (Å²) in [5, 5.41) is 6.70. The highest BCUT2D eigenvalue weighted by Gasteiger charge is 2.13. The molecule has 5 nitrogen and oxygen atoms in total. The molecule has 26 heavy (non-hydrogen) atoms. The summed E-state index contributed by atoms with van der Waals surface area (Å²) in [5.74, 6) is 0.769. The number of aromatic nitrogens is 2. The number of aryl methyl sites for hydroxylation is 2. The maximum absolute atomic E-state index is 12.6. The molecule has 0 aliphatic heterocycles. The first-order valence-electron chi connectivity index (χ1n) is 8.19. The lowest BCUT2D eigenvalue weighted by atomic mass is 10.2. The van der Waals surface area contributed by atoms with Crippen molar-refractivity contribution in [1.82, 2.24) is 9.97 Å². The van der Waals surface area contributed by atoms with Crippen LogP contribution >= 0.6 is 11.6 Å². The molecular formula is C20H19ClN4O. The molecule has 3 aromatic rings. The Hall–Kier alpha value is -2.92. The molecule has 0 unspecified atom stereocenters. The van der Waals surface area contributed by atoms with E-state index in [2.05, 4.69) is 20.6 Å². The quantitative estimate of drug-likeness (QED) is 0.678. The molecule has 3 rings (SSSR count). The molecule has 1 heterocycles. The van der Waals surface area contributed by atoms with Crippen molar-refractivity contribution in [3.63, 3.8) is 0 Å². The van der Waals surface area contributed by atoms with Crippen molar-refractivity contribution in [2.45, 2.75) is 20.8 Å². The molecule has 0 atom stereocenters. The number of amides is 1. The Morgan fingerprint density at radius 2 is 1.69 bits per heavy atom. The molecule has 1 aromatic heterocycles. The summed E-state index contributed by atoms with van der Waals surface area (Å²) in [5.41, 5.74) is 3.78. The Kier molecular flexibility index (Phi) is 5.19. The fraction of sp³-hybridized carbons (Fsp3) is 0.150. The van der Waals surface area contributed by atoms with Gasteiger partial charge in [-0.1, -0.05) is 35.9 Å². The van der Waals surface area contributed by atoms with Crippen LogP contribution in [0.3, 0.4) is 0 Å². The maximum atomic E-state index is 12.6. The van der Waals surface area contributed by atoms with E-state index < -0.39 is 0 Å². The number of nitrogens with one attached hydrogen (secondary N) is 2. The van der Waals surface area contributed by atoms with Gasteiger partial charge in [-0.05, 0) is 50.1 Å². The van der Waals surface area contributed by atoms with Crippen LogP contribution in [0.1, 0.15) is 27.4 Å². The van der Waals surface area contributed by atoms with Crippen molar-refractivity contribution in [2.24, 2.45) is 0 Å². The predicted molar refractivity (Wildman–Crippen MR) is 105 cm³/mol. The van der Waals surface area contributed by atoms with Gasteiger partial charge in [-0.3, -0.25) is 4.79 Å². The van der Waals surface area contributed by atoms with E-state index in [0.29, 0.717) is 22.4 Å². The van der Waals surface area contributed by atoms with Gasteiger partial charge in [0.1, 0.15) is 17.3 Å². The molecule has 0 fully saturated rings. The number of benzene rings is 2. The first kappa shape index (κ1) is 17.9. The van der Waals surface area contributed by atoms with Crippen LogP contribution in [0.2, 0.25) is 5.02 Å². The number of rotatable bonds is 4. The van der Waals surface area contributed by atoms with Crippen LogP contribution in [-0.2, 0) is 0 Å². The zero-order valence-corrected chi connectivity index (χ0v) is 15.6. The van der Waals surface area contributed by atoms with Gasteiger partial charge in [-0.15, -0.1) is 0 Å². The number of anilines is 3. The van der Waals surface area contributed by atoms with Crippen molar-refractivity contribution in [3.05, 3.63) is 76.2 Å². The van der Waals surface area contributed by atoms with Crippen LogP contribution in [0.25, 0.3) is 0 Å². The van der Waals surface area contributed by atoms with E-state index in [0.717, 1.165) is 16.8 Å². The zero-order valence-electron chi connectivity index (χ0n) is 14.8. The van der Waals surface area contributed by atoms with Gasteiger partial charge in [0, 0.05) is 22.5 Å². The second-order valence-corrected chi connectivity index (χ2v) is 6.40. The first-order chi connectivity index (χ1) is 12.4. The van der Waals surface area contributed by atoms with Crippen LogP contribution < -0.4 is 10.6 Å². The van der Waals surface area contributed by atoms with Crippen LogP contribution in [0.5, 0.6) is 0 Å². The number of carbonyl (C=O) groups is 1. The van der Waals surface area contributed by atoms with Crippen LogP contribution in [0.4, 0.5) is 17.2 Å².